The van der Waals surface area contributed by atoms with Crippen molar-refractivity contribution in [3.8, 4) is 5.75 Å². The van der Waals surface area contributed by atoms with Crippen LogP contribution >= 0.6 is 0 Å². The molecule has 0 bridgehead atoms. The molecule has 29 heavy (non-hydrogen) atoms. The highest BCUT2D eigenvalue weighted by Crippen LogP contribution is 2.17. The van der Waals surface area contributed by atoms with E-state index in [4.69, 9.17) is 14.2 Å². The molecule has 0 spiro atoms. The molecule has 1 saturated heterocycles. The van der Waals surface area contributed by atoms with Crippen LogP contribution < -0.4 is 4.74 Å². The zero-order valence-corrected chi connectivity index (χ0v) is 16.9. The average Bonchev–Trinajstić information content (AvgIpc) is 3.26. The van der Waals surface area contributed by atoms with Gasteiger partial charge in [0.05, 0.1) is 11.7 Å². The van der Waals surface area contributed by atoms with Crippen molar-refractivity contribution in [3.05, 3.63) is 65.2 Å². The number of aryl methyl sites for hydroxylation is 1. The molecule has 0 unspecified atom stereocenters. The molecule has 1 heterocycles. The predicted molar refractivity (Wildman–Crippen MR) is 109 cm³/mol. The third-order valence-electron chi connectivity index (χ3n) is 4.97. The molecule has 0 aliphatic carbocycles. The number of likely N-dealkylation sites (N-methyl/N-ethyl adjacent to an activating group) is 1. The lowest BCUT2D eigenvalue weighted by Gasteiger charge is -2.18. The zero-order chi connectivity index (χ0) is 20.6. The largest absolute Gasteiger partial charge is 0.491 e. The van der Waals surface area contributed by atoms with Crippen molar-refractivity contribution in [2.75, 3.05) is 26.9 Å². The summed E-state index contributed by atoms with van der Waals surface area (Å²) in [6.07, 6.45) is 2.22. The van der Waals surface area contributed by atoms with Gasteiger partial charge in [0.2, 0.25) is 0 Å². The number of rotatable bonds is 8. The summed E-state index contributed by atoms with van der Waals surface area (Å²) in [5.41, 5.74) is 2.56. The van der Waals surface area contributed by atoms with Gasteiger partial charge >= 0.3 is 5.97 Å². The van der Waals surface area contributed by atoms with E-state index in [0.717, 1.165) is 30.6 Å². The molecular formula is C23H27NO5. The quantitative estimate of drug-likeness (QED) is 0.639. The Hall–Kier alpha value is -2.86. The Labute approximate surface area is 171 Å². The topological polar surface area (TPSA) is 65.1 Å². The molecule has 1 aliphatic heterocycles. The van der Waals surface area contributed by atoms with Crippen LogP contribution in [-0.4, -0.2) is 49.7 Å². The third kappa shape index (κ3) is 6.06. The highest BCUT2D eigenvalue weighted by atomic mass is 16.5. The summed E-state index contributed by atoms with van der Waals surface area (Å²) in [4.78, 5) is 26.0. The SMILES string of the molecule is Cc1ccccc1CN(C)C(=O)COC(=O)c1ccc(OC[C@@H]2CCCO2)cc1. The fraction of sp³-hybridized carbons (Fsp3) is 0.391. The van der Waals surface area contributed by atoms with Crippen LogP contribution in [0.15, 0.2) is 48.5 Å². The summed E-state index contributed by atoms with van der Waals surface area (Å²) in [5, 5.41) is 0. The smallest absolute Gasteiger partial charge is 0.338 e. The van der Waals surface area contributed by atoms with Crippen LogP contribution in [0.1, 0.15) is 34.3 Å². The number of amides is 1. The summed E-state index contributed by atoms with van der Waals surface area (Å²) in [7, 11) is 1.70. The van der Waals surface area contributed by atoms with E-state index in [1.165, 1.54) is 0 Å². The van der Waals surface area contributed by atoms with Gasteiger partial charge in [0.25, 0.3) is 5.91 Å². The minimum atomic E-state index is -0.534. The second-order valence-electron chi connectivity index (χ2n) is 7.22. The lowest BCUT2D eigenvalue weighted by molar-refractivity contribution is -0.133. The zero-order valence-electron chi connectivity index (χ0n) is 16.9. The van der Waals surface area contributed by atoms with E-state index in [-0.39, 0.29) is 18.6 Å². The molecule has 1 fully saturated rings. The highest BCUT2D eigenvalue weighted by Gasteiger charge is 2.17. The molecule has 0 radical (unpaired) electrons. The number of hydrogen-bond acceptors (Lipinski definition) is 5. The highest BCUT2D eigenvalue weighted by molar-refractivity contribution is 5.91. The Kier molecular flexibility index (Phi) is 7.25. The fourth-order valence-corrected chi connectivity index (χ4v) is 3.10. The number of carbonyl (C=O) groups is 2. The van der Waals surface area contributed by atoms with Crippen LogP contribution in [0.25, 0.3) is 0 Å². The van der Waals surface area contributed by atoms with E-state index >= 15 is 0 Å². The molecule has 2 aromatic carbocycles. The Morgan fingerprint density at radius 2 is 1.90 bits per heavy atom. The van der Waals surface area contributed by atoms with E-state index < -0.39 is 5.97 Å². The molecular weight excluding hydrogens is 370 g/mol. The van der Waals surface area contributed by atoms with Crippen molar-refractivity contribution in [2.24, 2.45) is 0 Å². The minimum absolute atomic E-state index is 0.141. The van der Waals surface area contributed by atoms with Gasteiger partial charge in [-0.05, 0) is 55.2 Å². The molecule has 0 aromatic heterocycles. The first kappa shape index (κ1) is 20.9. The van der Waals surface area contributed by atoms with Crippen molar-refractivity contribution >= 4 is 11.9 Å². The predicted octanol–water partition coefficient (Wildman–Crippen LogP) is 3.37. The number of ether oxygens (including phenoxy) is 3. The van der Waals surface area contributed by atoms with Crippen LogP contribution in [-0.2, 0) is 20.8 Å². The van der Waals surface area contributed by atoms with Gasteiger partial charge in [0.15, 0.2) is 6.61 Å². The normalized spacial score (nSPS) is 15.7. The summed E-state index contributed by atoms with van der Waals surface area (Å²) >= 11 is 0. The van der Waals surface area contributed by atoms with Gasteiger partial charge in [0.1, 0.15) is 12.4 Å². The molecule has 1 atom stereocenters. The first-order chi connectivity index (χ1) is 14.0. The number of esters is 1. The van der Waals surface area contributed by atoms with Crippen LogP contribution in [0.5, 0.6) is 5.75 Å². The second kappa shape index (κ2) is 10.1. The number of nitrogens with zero attached hydrogens (tertiary/aromatic N) is 1. The average molecular weight is 397 g/mol. The van der Waals surface area contributed by atoms with Gasteiger partial charge < -0.3 is 19.1 Å². The molecule has 154 valence electrons. The van der Waals surface area contributed by atoms with Gasteiger partial charge in [-0.15, -0.1) is 0 Å². The van der Waals surface area contributed by atoms with Crippen molar-refractivity contribution in [3.63, 3.8) is 0 Å². The van der Waals surface area contributed by atoms with Gasteiger partial charge in [-0.3, -0.25) is 4.79 Å². The Bertz CT molecular complexity index is 827. The first-order valence-corrected chi connectivity index (χ1v) is 9.83. The van der Waals surface area contributed by atoms with Crippen LogP contribution in [0.3, 0.4) is 0 Å². The Balaban J connectivity index is 1.44. The number of benzene rings is 2. The van der Waals surface area contributed by atoms with E-state index in [9.17, 15) is 9.59 Å². The lowest BCUT2D eigenvalue weighted by atomic mass is 10.1. The number of carbonyl (C=O) groups excluding carboxylic acids is 2. The fourth-order valence-electron chi connectivity index (χ4n) is 3.10. The molecule has 6 heteroatoms. The van der Waals surface area contributed by atoms with Crippen molar-refractivity contribution in [1.82, 2.24) is 4.90 Å². The molecule has 2 aromatic rings. The van der Waals surface area contributed by atoms with Gasteiger partial charge in [-0.25, -0.2) is 4.79 Å². The summed E-state index contributed by atoms with van der Waals surface area (Å²) in [5.74, 6) is -0.113. The molecule has 0 saturated carbocycles. The molecule has 6 nitrogen and oxygen atoms in total. The maximum Gasteiger partial charge on any atom is 0.338 e. The van der Waals surface area contributed by atoms with Crippen molar-refractivity contribution in [2.45, 2.75) is 32.4 Å². The Morgan fingerprint density at radius 3 is 2.59 bits per heavy atom. The summed E-state index contributed by atoms with van der Waals surface area (Å²) in [6.45, 7) is 3.48. The number of hydrogen-bond donors (Lipinski definition) is 0. The van der Waals surface area contributed by atoms with Gasteiger partial charge in [0, 0.05) is 20.2 Å². The van der Waals surface area contributed by atoms with E-state index in [1.54, 1.807) is 36.2 Å². The summed E-state index contributed by atoms with van der Waals surface area (Å²) < 4.78 is 16.4. The van der Waals surface area contributed by atoms with E-state index in [1.807, 2.05) is 31.2 Å². The monoisotopic (exact) mass is 397 g/mol. The van der Waals surface area contributed by atoms with Gasteiger partial charge in [-0.2, -0.15) is 0 Å². The second-order valence-corrected chi connectivity index (χ2v) is 7.22. The van der Waals surface area contributed by atoms with Crippen LogP contribution in [0, 0.1) is 6.92 Å². The molecule has 0 N–H and O–H groups in total. The molecule has 1 aliphatic rings. The summed E-state index contributed by atoms with van der Waals surface area (Å²) in [6, 6.07) is 14.6. The van der Waals surface area contributed by atoms with Crippen LogP contribution in [0.2, 0.25) is 0 Å². The van der Waals surface area contributed by atoms with E-state index in [2.05, 4.69) is 0 Å². The van der Waals surface area contributed by atoms with E-state index in [0.29, 0.717) is 24.5 Å². The standard InChI is InChI=1S/C23H27NO5/c1-17-6-3-4-7-19(17)14-24(2)22(25)16-29-23(26)18-9-11-20(12-10-18)28-15-21-8-5-13-27-21/h3-4,6-7,9-12,21H,5,8,13-16H2,1-2H3/t21-/m0/s1. The Morgan fingerprint density at radius 1 is 1.14 bits per heavy atom. The maximum atomic E-state index is 12.3. The minimum Gasteiger partial charge on any atom is -0.491 e. The van der Waals surface area contributed by atoms with Gasteiger partial charge in [-0.1, -0.05) is 24.3 Å². The third-order valence-corrected chi connectivity index (χ3v) is 4.97. The van der Waals surface area contributed by atoms with Crippen molar-refractivity contribution in [1.29, 1.82) is 0 Å². The van der Waals surface area contributed by atoms with Crippen molar-refractivity contribution < 1.29 is 23.8 Å². The van der Waals surface area contributed by atoms with Crippen LogP contribution in [0.4, 0.5) is 0 Å². The lowest BCUT2D eigenvalue weighted by Crippen LogP contribution is -2.31. The first-order valence-electron chi connectivity index (χ1n) is 9.83. The molecule has 1 amide bonds. The maximum absolute atomic E-state index is 12.3. The molecule has 3 rings (SSSR count).